The maximum absolute atomic E-state index is 11.8. The summed E-state index contributed by atoms with van der Waals surface area (Å²) in [6, 6.07) is 1.80. The van der Waals surface area contributed by atoms with Crippen LogP contribution in [0.25, 0.3) is 0 Å². The number of aryl methyl sites for hydroxylation is 1. The second-order valence-electron chi connectivity index (χ2n) is 3.77. The molecule has 1 aromatic heterocycles. The molecule has 2 atom stereocenters. The Morgan fingerprint density at radius 1 is 1.60 bits per heavy atom. The average Bonchev–Trinajstić information content (AvgIpc) is 2.25. The minimum atomic E-state index is -1.19. The number of hydrogen-bond donors (Lipinski definition) is 1. The Morgan fingerprint density at radius 3 is 3.07 bits per heavy atom. The summed E-state index contributed by atoms with van der Waals surface area (Å²) in [5.41, 5.74) is 1.53. The van der Waals surface area contributed by atoms with Gasteiger partial charge in [0.05, 0.1) is 16.5 Å². The summed E-state index contributed by atoms with van der Waals surface area (Å²) in [6.07, 6.45) is 1.67. The van der Waals surface area contributed by atoms with Gasteiger partial charge in [-0.1, -0.05) is 6.92 Å². The molecule has 0 spiro atoms. The van der Waals surface area contributed by atoms with E-state index < -0.39 is 10.8 Å². The van der Waals surface area contributed by atoms with Gasteiger partial charge in [-0.25, -0.2) is 4.98 Å². The van der Waals surface area contributed by atoms with E-state index in [2.05, 4.69) is 10.3 Å². The largest absolute Gasteiger partial charge is 0.323 e. The molecule has 0 radical (unpaired) electrons. The summed E-state index contributed by atoms with van der Waals surface area (Å²) in [6.45, 7) is 3.66. The summed E-state index contributed by atoms with van der Waals surface area (Å²) in [5.74, 6) is 0.0179. The lowest BCUT2D eigenvalue weighted by Crippen LogP contribution is -2.21. The van der Waals surface area contributed by atoms with Gasteiger partial charge in [-0.05, 0) is 18.6 Å². The molecule has 5 heteroatoms. The van der Waals surface area contributed by atoms with Crippen molar-refractivity contribution in [2.45, 2.75) is 18.9 Å². The molecule has 0 aromatic carbocycles. The number of rotatable bonds is 0. The van der Waals surface area contributed by atoms with Crippen molar-refractivity contribution in [3.63, 3.8) is 0 Å². The van der Waals surface area contributed by atoms with Crippen LogP contribution < -0.4 is 5.32 Å². The van der Waals surface area contributed by atoms with E-state index >= 15 is 0 Å². The zero-order chi connectivity index (χ0) is 11.0. The molecule has 4 nitrogen and oxygen atoms in total. The van der Waals surface area contributed by atoms with Crippen LogP contribution in [-0.4, -0.2) is 20.9 Å². The van der Waals surface area contributed by atoms with Crippen LogP contribution in [-0.2, 0) is 15.6 Å². The monoisotopic (exact) mass is 224 g/mol. The molecule has 15 heavy (non-hydrogen) atoms. The molecule has 0 fully saturated rings. The van der Waals surface area contributed by atoms with Gasteiger partial charge in [-0.15, -0.1) is 0 Å². The quantitative estimate of drug-likeness (QED) is 0.717. The van der Waals surface area contributed by atoms with Gasteiger partial charge in [0, 0.05) is 17.9 Å². The Labute approximate surface area is 90.6 Å². The number of nitrogens with zero attached hydrogens (tertiary/aromatic N) is 1. The van der Waals surface area contributed by atoms with Gasteiger partial charge in [0.1, 0.15) is 0 Å². The highest BCUT2D eigenvalue weighted by molar-refractivity contribution is 7.85. The van der Waals surface area contributed by atoms with E-state index in [-0.39, 0.29) is 11.8 Å². The van der Waals surface area contributed by atoms with Gasteiger partial charge in [-0.2, -0.15) is 0 Å². The van der Waals surface area contributed by atoms with Crippen LogP contribution in [0.1, 0.15) is 12.5 Å². The fraction of sp³-hybridized carbons (Fsp3) is 0.400. The molecule has 2 unspecified atom stereocenters. The van der Waals surface area contributed by atoms with Crippen LogP contribution in [0.5, 0.6) is 0 Å². The molecule has 0 aliphatic carbocycles. The van der Waals surface area contributed by atoms with E-state index in [4.69, 9.17) is 0 Å². The standard InChI is InChI=1S/C10H12N2O2S/c1-6-3-8-10(11-4-6)15(14)5-7(2)9(13)12-8/h3-4,7H,5H2,1-2H3,(H,12,13). The van der Waals surface area contributed by atoms with E-state index in [0.29, 0.717) is 16.5 Å². The Balaban J connectivity index is 2.51. The molecule has 2 rings (SSSR count). The minimum Gasteiger partial charge on any atom is -0.323 e. The number of anilines is 1. The van der Waals surface area contributed by atoms with Crippen molar-refractivity contribution in [2.24, 2.45) is 5.92 Å². The molecule has 1 N–H and O–H groups in total. The lowest BCUT2D eigenvalue weighted by molar-refractivity contribution is -0.118. The number of carbonyl (C=O) groups is 1. The van der Waals surface area contributed by atoms with Gasteiger partial charge in [0.15, 0.2) is 5.03 Å². The van der Waals surface area contributed by atoms with Crippen LogP contribution in [0.15, 0.2) is 17.3 Å². The second kappa shape index (κ2) is 3.73. The molecule has 0 saturated carbocycles. The SMILES string of the molecule is Cc1cnc2c(c1)NC(=O)C(C)CS2=O. The molecule has 1 aromatic rings. The van der Waals surface area contributed by atoms with E-state index in [9.17, 15) is 9.00 Å². The molecular weight excluding hydrogens is 212 g/mol. The first-order chi connectivity index (χ1) is 7.08. The lowest BCUT2D eigenvalue weighted by Gasteiger charge is -2.05. The maximum Gasteiger partial charge on any atom is 0.228 e. The Bertz CT molecular complexity index is 445. The van der Waals surface area contributed by atoms with Gasteiger partial charge in [0.25, 0.3) is 0 Å². The van der Waals surface area contributed by atoms with E-state index in [1.165, 1.54) is 0 Å². The van der Waals surface area contributed by atoms with Crippen molar-refractivity contribution in [2.75, 3.05) is 11.1 Å². The average molecular weight is 224 g/mol. The van der Waals surface area contributed by atoms with Crippen LogP contribution in [0.3, 0.4) is 0 Å². The minimum absolute atomic E-state index is 0.0884. The number of aromatic nitrogens is 1. The predicted molar refractivity (Wildman–Crippen MR) is 58.0 cm³/mol. The number of carbonyl (C=O) groups excluding carboxylic acids is 1. The van der Waals surface area contributed by atoms with Crippen LogP contribution in [0, 0.1) is 12.8 Å². The second-order valence-corrected chi connectivity index (χ2v) is 5.18. The van der Waals surface area contributed by atoms with E-state index in [1.54, 1.807) is 19.2 Å². The first kappa shape index (κ1) is 10.3. The van der Waals surface area contributed by atoms with Crippen LogP contribution in [0.4, 0.5) is 5.69 Å². The number of hydrogen-bond acceptors (Lipinski definition) is 3. The highest BCUT2D eigenvalue weighted by Gasteiger charge is 2.25. The number of nitrogens with one attached hydrogen (secondary N) is 1. The molecule has 80 valence electrons. The van der Waals surface area contributed by atoms with Gasteiger partial charge < -0.3 is 5.32 Å². The van der Waals surface area contributed by atoms with Crippen molar-refractivity contribution < 1.29 is 9.00 Å². The zero-order valence-corrected chi connectivity index (χ0v) is 9.43. The van der Waals surface area contributed by atoms with Crippen molar-refractivity contribution >= 4 is 22.4 Å². The highest BCUT2D eigenvalue weighted by Crippen LogP contribution is 2.23. The molecule has 1 aliphatic heterocycles. The van der Waals surface area contributed by atoms with Crippen molar-refractivity contribution in [3.05, 3.63) is 17.8 Å². The fourth-order valence-electron chi connectivity index (χ4n) is 1.47. The van der Waals surface area contributed by atoms with E-state index in [1.807, 2.05) is 6.92 Å². The third-order valence-corrected chi connectivity index (χ3v) is 3.87. The Hall–Kier alpha value is -1.23. The third-order valence-electron chi connectivity index (χ3n) is 2.31. The number of fused-ring (bicyclic) bond motifs is 1. The third kappa shape index (κ3) is 1.92. The highest BCUT2D eigenvalue weighted by atomic mass is 32.2. The van der Waals surface area contributed by atoms with Gasteiger partial charge in [0.2, 0.25) is 5.91 Å². The molecule has 1 amide bonds. The molecule has 0 saturated heterocycles. The summed E-state index contributed by atoms with van der Waals surface area (Å²) >= 11 is 0. The normalized spacial score (nSPS) is 25.3. The smallest absolute Gasteiger partial charge is 0.228 e. The molecule has 2 heterocycles. The molecule has 0 bridgehead atoms. The fourth-order valence-corrected chi connectivity index (χ4v) is 2.75. The molecule has 1 aliphatic rings. The summed E-state index contributed by atoms with van der Waals surface area (Å²) in [7, 11) is -1.19. The lowest BCUT2D eigenvalue weighted by atomic mass is 10.2. The van der Waals surface area contributed by atoms with Crippen molar-refractivity contribution in [1.29, 1.82) is 0 Å². The van der Waals surface area contributed by atoms with Crippen molar-refractivity contribution in [3.8, 4) is 0 Å². The first-order valence-electron chi connectivity index (χ1n) is 4.74. The Morgan fingerprint density at radius 2 is 2.33 bits per heavy atom. The van der Waals surface area contributed by atoms with Gasteiger partial charge in [-0.3, -0.25) is 9.00 Å². The van der Waals surface area contributed by atoms with Crippen LogP contribution in [0.2, 0.25) is 0 Å². The zero-order valence-electron chi connectivity index (χ0n) is 8.61. The molecular formula is C10H12N2O2S. The summed E-state index contributed by atoms with van der Waals surface area (Å²) in [5, 5.41) is 3.23. The van der Waals surface area contributed by atoms with E-state index in [0.717, 1.165) is 5.56 Å². The van der Waals surface area contributed by atoms with Crippen LogP contribution >= 0.6 is 0 Å². The van der Waals surface area contributed by atoms with Crippen molar-refractivity contribution in [1.82, 2.24) is 4.98 Å². The summed E-state index contributed by atoms with van der Waals surface area (Å²) < 4.78 is 11.8. The van der Waals surface area contributed by atoms with Gasteiger partial charge >= 0.3 is 0 Å². The topological polar surface area (TPSA) is 59.1 Å². The number of amides is 1. The number of pyridine rings is 1. The Kier molecular flexibility index (Phi) is 2.56. The predicted octanol–water partition coefficient (Wildman–Crippen LogP) is 1.09. The maximum atomic E-state index is 11.8. The first-order valence-corrected chi connectivity index (χ1v) is 6.05. The summed E-state index contributed by atoms with van der Waals surface area (Å²) in [4.78, 5) is 15.7.